The summed E-state index contributed by atoms with van der Waals surface area (Å²) in [6.07, 6.45) is 16.1. The number of unbranched alkanes of at least 4 members (excludes halogenated alkanes) is 11. The molecule has 1 saturated heterocycles. The largest absolute Gasteiger partial charge is 0.390 e. The summed E-state index contributed by atoms with van der Waals surface area (Å²) in [6.45, 7) is 2.62. The number of rotatable bonds is 14. The van der Waals surface area contributed by atoms with Crippen molar-refractivity contribution in [2.24, 2.45) is 5.11 Å². The van der Waals surface area contributed by atoms with Gasteiger partial charge in [-0.1, -0.05) is 89.1 Å². The first kappa shape index (κ1) is 20.3. The number of hydrogen-bond acceptors (Lipinski definition) is 3. The summed E-state index contributed by atoms with van der Waals surface area (Å²) in [5.41, 5.74) is 8.41. The molecule has 1 fully saturated rings. The molecule has 0 spiro atoms. The molecule has 0 saturated carbocycles. The van der Waals surface area contributed by atoms with Gasteiger partial charge in [-0.3, -0.25) is 0 Å². The van der Waals surface area contributed by atoms with E-state index in [2.05, 4.69) is 16.9 Å². The Morgan fingerprint density at radius 1 is 0.957 bits per heavy atom. The molecule has 134 valence electrons. The minimum absolute atomic E-state index is 0.145. The molecule has 1 aliphatic heterocycles. The number of ether oxygens (including phenoxy) is 1. The van der Waals surface area contributed by atoms with Gasteiger partial charge in [0.25, 0.3) is 0 Å². The van der Waals surface area contributed by atoms with Gasteiger partial charge in [-0.2, -0.15) is 0 Å². The van der Waals surface area contributed by atoms with Crippen LogP contribution in [0.25, 0.3) is 10.4 Å². The molecule has 0 unspecified atom stereocenters. The predicted molar refractivity (Wildman–Crippen MR) is 94.4 cm³/mol. The highest BCUT2D eigenvalue weighted by molar-refractivity contribution is 4.88. The molecule has 1 heterocycles. The Kier molecular flexibility index (Phi) is 12.0. The SMILES string of the molecule is CCCCCCCCCCCCCC[C@@H]1OC[C@H](N=[N+]=[N-])[C@H]1O. The maximum absolute atomic E-state index is 9.97. The molecule has 5 nitrogen and oxygen atoms in total. The Labute approximate surface area is 141 Å². The monoisotopic (exact) mass is 325 g/mol. The fraction of sp³-hybridized carbons (Fsp3) is 1.00. The first-order valence-electron chi connectivity index (χ1n) is 9.63. The van der Waals surface area contributed by atoms with E-state index in [4.69, 9.17) is 10.3 Å². The van der Waals surface area contributed by atoms with Crippen molar-refractivity contribution in [2.75, 3.05) is 6.61 Å². The molecule has 0 aromatic carbocycles. The average molecular weight is 325 g/mol. The quantitative estimate of drug-likeness (QED) is 0.198. The van der Waals surface area contributed by atoms with Gasteiger partial charge in [0, 0.05) is 4.91 Å². The van der Waals surface area contributed by atoms with Gasteiger partial charge >= 0.3 is 0 Å². The molecule has 0 amide bonds. The number of aliphatic hydroxyl groups excluding tert-OH is 1. The molecule has 0 aliphatic carbocycles. The topological polar surface area (TPSA) is 78.2 Å². The van der Waals surface area contributed by atoms with Crippen LogP contribution in [-0.4, -0.2) is 30.0 Å². The molecule has 0 aromatic heterocycles. The second-order valence-corrected chi connectivity index (χ2v) is 6.81. The fourth-order valence-electron chi connectivity index (χ4n) is 3.28. The van der Waals surface area contributed by atoms with Crippen LogP contribution < -0.4 is 0 Å². The van der Waals surface area contributed by atoms with Gasteiger partial charge < -0.3 is 9.84 Å². The second kappa shape index (κ2) is 13.6. The lowest BCUT2D eigenvalue weighted by Crippen LogP contribution is -2.28. The summed E-state index contributed by atoms with van der Waals surface area (Å²) >= 11 is 0. The van der Waals surface area contributed by atoms with Crippen LogP contribution >= 0.6 is 0 Å². The van der Waals surface area contributed by atoms with Gasteiger partial charge in [0.15, 0.2) is 0 Å². The molecule has 5 heteroatoms. The van der Waals surface area contributed by atoms with Gasteiger partial charge in [0.2, 0.25) is 0 Å². The lowest BCUT2D eigenvalue weighted by molar-refractivity contribution is 0.0342. The maximum Gasteiger partial charge on any atom is 0.0908 e. The van der Waals surface area contributed by atoms with Crippen LogP contribution in [0.2, 0.25) is 0 Å². The van der Waals surface area contributed by atoms with Crippen LogP contribution in [-0.2, 0) is 4.74 Å². The highest BCUT2D eigenvalue weighted by Crippen LogP contribution is 2.22. The van der Waals surface area contributed by atoms with Crippen molar-refractivity contribution in [3.05, 3.63) is 10.4 Å². The van der Waals surface area contributed by atoms with Crippen molar-refractivity contribution < 1.29 is 9.84 Å². The number of azide groups is 1. The van der Waals surface area contributed by atoms with E-state index in [1.165, 1.54) is 70.6 Å². The molecule has 1 aliphatic rings. The minimum Gasteiger partial charge on any atom is -0.390 e. The third kappa shape index (κ3) is 9.19. The second-order valence-electron chi connectivity index (χ2n) is 6.81. The third-order valence-corrected chi connectivity index (χ3v) is 4.80. The molecule has 1 rings (SSSR count). The van der Waals surface area contributed by atoms with Crippen LogP contribution in [0.15, 0.2) is 5.11 Å². The van der Waals surface area contributed by atoms with E-state index >= 15 is 0 Å². The van der Waals surface area contributed by atoms with E-state index in [0.717, 1.165) is 12.8 Å². The van der Waals surface area contributed by atoms with Crippen LogP contribution in [0.1, 0.15) is 90.4 Å². The van der Waals surface area contributed by atoms with Crippen molar-refractivity contribution in [2.45, 2.75) is 109 Å². The van der Waals surface area contributed by atoms with E-state index < -0.39 is 12.1 Å². The Morgan fingerprint density at radius 3 is 2.00 bits per heavy atom. The number of aliphatic hydroxyl groups is 1. The van der Waals surface area contributed by atoms with E-state index in [1.807, 2.05) is 0 Å². The maximum atomic E-state index is 9.97. The van der Waals surface area contributed by atoms with E-state index in [1.54, 1.807) is 0 Å². The zero-order chi connectivity index (χ0) is 16.8. The normalized spacial score (nSPS) is 23.8. The lowest BCUT2D eigenvalue weighted by atomic mass is 10.0. The first-order chi connectivity index (χ1) is 11.3. The van der Waals surface area contributed by atoms with Crippen LogP contribution in [0.3, 0.4) is 0 Å². The van der Waals surface area contributed by atoms with E-state index in [0.29, 0.717) is 6.61 Å². The highest BCUT2D eigenvalue weighted by atomic mass is 16.5. The van der Waals surface area contributed by atoms with Crippen LogP contribution in [0, 0.1) is 0 Å². The molecule has 23 heavy (non-hydrogen) atoms. The zero-order valence-electron chi connectivity index (χ0n) is 14.8. The molecular formula is C18H35N3O2. The fourth-order valence-corrected chi connectivity index (χ4v) is 3.28. The van der Waals surface area contributed by atoms with Gasteiger partial charge in [0.1, 0.15) is 0 Å². The van der Waals surface area contributed by atoms with Crippen molar-refractivity contribution in [1.82, 2.24) is 0 Å². The average Bonchev–Trinajstić information content (AvgIpc) is 2.89. The Morgan fingerprint density at radius 2 is 1.48 bits per heavy atom. The molecule has 0 bridgehead atoms. The van der Waals surface area contributed by atoms with E-state index in [-0.39, 0.29) is 6.10 Å². The number of hydrogen-bond donors (Lipinski definition) is 1. The molecule has 0 radical (unpaired) electrons. The minimum atomic E-state index is -0.626. The molecule has 1 N–H and O–H groups in total. The standard InChI is InChI=1S/C18H35N3O2/c1-2-3-4-5-6-7-8-9-10-11-12-13-14-17-18(22)16(15-23-17)20-21-19/h16-18,22H,2-15H2,1H3/t16-,17-,18+/m0/s1. The molecule has 0 aromatic rings. The Bertz CT molecular complexity index is 332. The molecule has 3 atom stereocenters. The van der Waals surface area contributed by atoms with E-state index in [9.17, 15) is 5.11 Å². The third-order valence-electron chi connectivity index (χ3n) is 4.80. The Hall–Kier alpha value is -0.770. The van der Waals surface area contributed by atoms with Gasteiger partial charge in [-0.05, 0) is 12.0 Å². The highest BCUT2D eigenvalue weighted by Gasteiger charge is 2.34. The summed E-state index contributed by atoms with van der Waals surface area (Å²) < 4.78 is 5.52. The van der Waals surface area contributed by atoms with Crippen molar-refractivity contribution in [3.63, 3.8) is 0 Å². The smallest absolute Gasteiger partial charge is 0.0908 e. The van der Waals surface area contributed by atoms with Crippen molar-refractivity contribution >= 4 is 0 Å². The first-order valence-corrected chi connectivity index (χ1v) is 9.63. The molecular weight excluding hydrogens is 290 g/mol. The summed E-state index contributed by atoms with van der Waals surface area (Å²) in [4.78, 5) is 2.75. The van der Waals surface area contributed by atoms with Gasteiger partial charge in [0.05, 0.1) is 24.9 Å². The van der Waals surface area contributed by atoms with Crippen molar-refractivity contribution in [1.29, 1.82) is 0 Å². The summed E-state index contributed by atoms with van der Waals surface area (Å²) in [6, 6.07) is -0.401. The van der Waals surface area contributed by atoms with Gasteiger partial charge in [-0.15, -0.1) is 0 Å². The van der Waals surface area contributed by atoms with Crippen LogP contribution in [0.4, 0.5) is 0 Å². The summed E-state index contributed by atoms with van der Waals surface area (Å²) in [5, 5.41) is 13.5. The summed E-state index contributed by atoms with van der Waals surface area (Å²) in [7, 11) is 0. The zero-order valence-corrected chi connectivity index (χ0v) is 14.8. The van der Waals surface area contributed by atoms with Crippen LogP contribution in [0.5, 0.6) is 0 Å². The van der Waals surface area contributed by atoms with Crippen molar-refractivity contribution in [3.8, 4) is 0 Å². The Balaban J connectivity index is 1.86. The van der Waals surface area contributed by atoms with Gasteiger partial charge in [-0.25, -0.2) is 0 Å². The number of nitrogens with zero attached hydrogens (tertiary/aromatic N) is 3. The predicted octanol–water partition coefficient (Wildman–Crippen LogP) is 5.52. The summed E-state index contributed by atoms with van der Waals surface area (Å²) in [5.74, 6) is 0. The lowest BCUT2D eigenvalue weighted by Gasteiger charge is -2.14.